The van der Waals surface area contributed by atoms with Crippen molar-refractivity contribution in [2.45, 2.75) is 32.6 Å². The number of thioether (sulfide) groups is 1. The molecule has 2 heteroatoms. The zero-order valence-electron chi connectivity index (χ0n) is 9.01. The van der Waals surface area contributed by atoms with Gasteiger partial charge in [-0.15, -0.1) is 0 Å². The van der Waals surface area contributed by atoms with Gasteiger partial charge in [0.25, 0.3) is 0 Å². The summed E-state index contributed by atoms with van der Waals surface area (Å²) in [7, 11) is 0. The van der Waals surface area contributed by atoms with Crippen LogP contribution in [0.4, 0.5) is 0 Å². The first-order chi connectivity index (χ1) is 6.33. The monoisotopic (exact) mass is 201 g/mol. The normalized spacial score (nSPS) is 20.8. The van der Waals surface area contributed by atoms with Gasteiger partial charge in [-0.25, -0.2) is 0 Å². The van der Waals surface area contributed by atoms with E-state index in [9.17, 15) is 0 Å². The minimum absolute atomic E-state index is 0.830. The average molecular weight is 201 g/mol. The fourth-order valence-electron chi connectivity index (χ4n) is 2.09. The van der Waals surface area contributed by atoms with Crippen molar-refractivity contribution in [3.63, 3.8) is 0 Å². The summed E-state index contributed by atoms with van der Waals surface area (Å²) in [6.45, 7) is 4.80. The van der Waals surface area contributed by atoms with Crippen LogP contribution < -0.4 is 5.32 Å². The Balaban J connectivity index is 1.93. The van der Waals surface area contributed by atoms with Crippen molar-refractivity contribution in [3.8, 4) is 0 Å². The van der Waals surface area contributed by atoms with Gasteiger partial charge in [0.2, 0.25) is 0 Å². The molecule has 1 unspecified atom stereocenters. The molecule has 0 heterocycles. The molecule has 0 aromatic rings. The van der Waals surface area contributed by atoms with Gasteiger partial charge in [0.15, 0.2) is 0 Å². The minimum atomic E-state index is 0.830. The Kier molecular flexibility index (Phi) is 5.88. The molecule has 1 aliphatic rings. The van der Waals surface area contributed by atoms with Crippen molar-refractivity contribution in [1.82, 2.24) is 5.32 Å². The third-order valence-electron chi connectivity index (χ3n) is 2.85. The second-order valence-corrected chi connectivity index (χ2v) is 5.28. The van der Waals surface area contributed by atoms with Crippen LogP contribution in [0.1, 0.15) is 32.6 Å². The Morgan fingerprint density at radius 2 is 2.08 bits per heavy atom. The van der Waals surface area contributed by atoms with E-state index < -0.39 is 0 Å². The van der Waals surface area contributed by atoms with E-state index in [2.05, 4.69) is 18.5 Å². The third kappa shape index (κ3) is 4.92. The summed E-state index contributed by atoms with van der Waals surface area (Å²) in [5.74, 6) is 3.11. The first-order valence-corrected chi connectivity index (χ1v) is 6.92. The summed E-state index contributed by atoms with van der Waals surface area (Å²) >= 11 is 1.95. The van der Waals surface area contributed by atoms with Gasteiger partial charge in [0.1, 0.15) is 0 Å². The first-order valence-electron chi connectivity index (χ1n) is 5.52. The molecule has 1 aliphatic carbocycles. The minimum Gasteiger partial charge on any atom is -0.316 e. The second-order valence-electron chi connectivity index (χ2n) is 4.37. The molecular weight excluding hydrogens is 178 g/mol. The van der Waals surface area contributed by atoms with Crippen LogP contribution >= 0.6 is 11.8 Å². The fraction of sp³-hybridized carbons (Fsp3) is 1.00. The summed E-state index contributed by atoms with van der Waals surface area (Å²) in [5.41, 5.74) is 0. The molecule has 13 heavy (non-hydrogen) atoms. The molecule has 1 fully saturated rings. The van der Waals surface area contributed by atoms with Crippen LogP contribution in [0.25, 0.3) is 0 Å². The highest BCUT2D eigenvalue weighted by atomic mass is 32.2. The van der Waals surface area contributed by atoms with Crippen molar-refractivity contribution < 1.29 is 0 Å². The molecule has 78 valence electrons. The lowest BCUT2D eigenvalue weighted by Crippen LogP contribution is -2.27. The molecule has 0 amide bonds. The van der Waals surface area contributed by atoms with Gasteiger partial charge in [-0.3, -0.25) is 0 Å². The SMILES string of the molecule is CSCC(C)CNCC1CCCC1. The molecule has 0 aliphatic heterocycles. The Morgan fingerprint density at radius 3 is 2.69 bits per heavy atom. The van der Waals surface area contributed by atoms with Gasteiger partial charge in [0, 0.05) is 0 Å². The molecule has 1 rings (SSSR count). The summed E-state index contributed by atoms with van der Waals surface area (Å²) in [4.78, 5) is 0. The molecule has 1 saturated carbocycles. The predicted octanol–water partition coefficient (Wildman–Crippen LogP) is 2.77. The Labute approximate surface area is 87.1 Å². The van der Waals surface area contributed by atoms with Gasteiger partial charge >= 0.3 is 0 Å². The largest absolute Gasteiger partial charge is 0.316 e. The number of rotatable bonds is 6. The van der Waals surface area contributed by atoms with Crippen LogP contribution in [0, 0.1) is 11.8 Å². The van der Waals surface area contributed by atoms with Crippen LogP contribution in [0.2, 0.25) is 0 Å². The van der Waals surface area contributed by atoms with E-state index >= 15 is 0 Å². The summed E-state index contributed by atoms with van der Waals surface area (Å²) in [6, 6.07) is 0. The number of hydrogen-bond acceptors (Lipinski definition) is 2. The Hall–Kier alpha value is 0.310. The van der Waals surface area contributed by atoms with Gasteiger partial charge in [-0.1, -0.05) is 19.8 Å². The molecule has 1 nitrogen and oxygen atoms in total. The van der Waals surface area contributed by atoms with Crippen LogP contribution in [-0.4, -0.2) is 25.1 Å². The highest BCUT2D eigenvalue weighted by Crippen LogP contribution is 2.23. The second kappa shape index (κ2) is 6.72. The average Bonchev–Trinajstić information content (AvgIpc) is 2.57. The van der Waals surface area contributed by atoms with Crippen molar-refractivity contribution in [3.05, 3.63) is 0 Å². The Bertz CT molecular complexity index is 121. The zero-order valence-corrected chi connectivity index (χ0v) is 9.83. The molecule has 0 spiro atoms. The van der Waals surface area contributed by atoms with Gasteiger partial charge in [-0.2, -0.15) is 11.8 Å². The molecule has 0 bridgehead atoms. The molecule has 1 atom stereocenters. The Morgan fingerprint density at radius 1 is 1.38 bits per heavy atom. The summed E-state index contributed by atoms with van der Waals surface area (Å²) < 4.78 is 0. The quantitative estimate of drug-likeness (QED) is 0.709. The molecule has 0 aromatic heterocycles. The maximum Gasteiger partial charge on any atom is -0.00152 e. The van der Waals surface area contributed by atoms with Crippen LogP contribution in [0.15, 0.2) is 0 Å². The lowest BCUT2D eigenvalue weighted by atomic mass is 10.1. The van der Waals surface area contributed by atoms with Crippen molar-refractivity contribution in [2.24, 2.45) is 11.8 Å². The number of nitrogens with one attached hydrogen (secondary N) is 1. The molecular formula is C11H23NS. The summed E-state index contributed by atoms with van der Waals surface area (Å²) in [6.07, 6.45) is 8.04. The summed E-state index contributed by atoms with van der Waals surface area (Å²) in [5, 5.41) is 3.60. The van der Waals surface area contributed by atoms with Crippen molar-refractivity contribution in [2.75, 3.05) is 25.1 Å². The van der Waals surface area contributed by atoms with E-state index in [0.29, 0.717) is 0 Å². The molecule has 0 radical (unpaired) electrons. The molecule has 0 aromatic carbocycles. The predicted molar refractivity (Wildman–Crippen MR) is 62.4 cm³/mol. The van der Waals surface area contributed by atoms with E-state index in [0.717, 1.165) is 11.8 Å². The van der Waals surface area contributed by atoms with Crippen LogP contribution in [-0.2, 0) is 0 Å². The standard InChI is InChI=1S/C11H23NS/c1-10(9-13-2)7-12-8-11-5-3-4-6-11/h10-12H,3-9H2,1-2H3. The smallest absolute Gasteiger partial charge is 0.00152 e. The highest BCUT2D eigenvalue weighted by molar-refractivity contribution is 7.98. The van der Waals surface area contributed by atoms with E-state index in [4.69, 9.17) is 0 Å². The number of hydrogen-bond donors (Lipinski definition) is 1. The van der Waals surface area contributed by atoms with Crippen LogP contribution in [0.3, 0.4) is 0 Å². The maximum atomic E-state index is 3.60. The van der Waals surface area contributed by atoms with Gasteiger partial charge < -0.3 is 5.32 Å². The molecule has 0 saturated heterocycles. The topological polar surface area (TPSA) is 12.0 Å². The van der Waals surface area contributed by atoms with Gasteiger partial charge in [-0.05, 0) is 49.8 Å². The van der Waals surface area contributed by atoms with E-state index in [1.807, 2.05) is 11.8 Å². The first kappa shape index (κ1) is 11.4. The van der Waals surface area contributed by atoms with Crippen molar-refractivity contribution in [1.29, 1.82) is 0 Å². The van der Waals surface area contributed by atoms with Crippen molar-refractivity contribution >= 4 is 11.8 Å². The maximum absolute atomic E-state index is 3.60. The molecule has 1 N–H and O–H groups in total. The van der Waals surface area contributed by atoms with E-state index in [1.165, 1.54) is 44.5 Å². The third-order valence-corrected chi connectivity index (χ3v) is 3.75. The highest BCUT2D eigenvalue weighted by Gasteiger charge is 2.14. The van der Waals surface area contributed by atoms with Crippen LogP contribution in [0.5, 0.6) is 0 Å². The van der Waals surface area contributed by atoms with Gasteiger partial charge in [0.05, 0.1) is 0 Å². The lowest BCUT2D eigenvalue weighted by molar-refractivity contribution is 0.461. The lowest BCUT2D eigenvalue weighted by Gasteiger charge is -2.14. The van der Waals surface area contributed by atoms with E-state index in [-0.39, 0.29) is 0 Å². The van der Waals surface area contributed by atoms with E-state index in [1.54, 1.807) is 0 Å². The fourth-order valence-corrected chi connectivity index (χ4v) is 2.78. The zero-order chi connectivity index (χ0) is 9.52.